The number of ether oxygens (including phenoxy) is 1. The highest BCUT2D eigenvalue weighted by Crippen LogP contribution is 2.41. The predicted molar refractivity (Wildman–Crippen MR) is 177 cm³/mol. The molecular weight excluding hydrogens is 508 g/mol. The van der Waals surface area contributed by atoms with E-state index in [0.717, 1.165) is 61.8 Å². The molecule has 1 aliphatic heterocycles. The molecule has 1 unspecified atom stereocenters. The van der Waals surface area contributed by atoms with Gasteiger partial charge in [-0.05, 0) is 98.1 Å². The molecule has 0 spiro atoms. The number of fused-ring (bicyclic) bond motifs is 1. The average Bonchev–Trinajstić information content (AvgIpc) is 2.96. The van der Waals surface area contributed by atoms with Crippen molar-refractivity contribution in [1.82, 2.24) is 5.32 Å². The molecule has 5 nitrogen and oxygen atoms in total. The zero-order chi connectivity index (χ0) is 31.3. The maximum atomic E-state index is 11.9. The lowest BCUT2D eigenvalue weighted by atomic mass is 9.92. The lowest BCUT2D eigenvalue weighted by molar-refractivity contribution is -0.132. The van der Waals surface area contributed by atoms with E-state index in [1.807, 2.05) is 40.7 Å². The van der Waals surface area contributed by atoms with Gasteiger partial charge in [-0.25, -0.2) is 4.79 Å². The van der Waals surface area contributed by atoms with Crippen LogP contribution in [-0.4, -0.2) is 18.1 Å². The summed E-state index contributed by atoms with van der Waals surface area (Å²) >= 11 is 0. The van der Waals surface area contributed by atoms with Crippen molar-refractivity contribution >= 4 is 30.0 Å². The fraction of sp³-hybridized carbons (Fsp3) is 0.306. The van der Waals surface area contributed by atoms with Gasteiger partial charge in [-0.2, -0.15) is 0 Å². The van der Waals surface area contributed by atoms with E-state index in [2.05, 4.69) is 75.0 Å². The Morgan fingerprint density at radius 3 is 2.34 bits per heavy atom. The van der Waals surface area contributed by atoms with Crippen molar-refractivity contribution in [2.24, 2.45) is 5.73 Å². The number of hydrogen-bond donors (Lipinski definition) is 3. The first-order valence-electron chi connectivity index (χ1n) is 14.2. The molecule has 5 heteroatoms. The Morgan fingerprint density at radius 2 is 1.78 bits per heavy atom. The van der Waals surface area contributed by atoms with Crippen molar-refractivity contribution in [2.75, 3.05) is 7.05 Å². The maximum Gasteiger partial charge on any atom is 0.333 e. The number of aliphatic carboxylic acids is 1. The van der Waals surface area contributed by atoms with Crippen molar-refractivity contribution < 1.29 is 14.6 Å². The molecule has 0 bridgehead atoms. The molecule has 1 heterocycles. The summed E-state index contributed by atoms with van der Waals surface area (Å²) in [5.41, 5.74) is 11.2. The number of allylic oxidation sites excluding steroid dienone is 5. The van der Waals surface area contributed by atoms with Crippen LogP contribution >= 0.6 is 0 Å². The molecule has 4 N–H and O–H groups in total. The van der Waals surface area contributed by atoms with Gasteiger partial charge in [0.1, 0.15) is 11.5 Å². The highest BCUT2D eigenvalue weighted by atomic mass is 16.5. The number of hydrogen-bond acceptors (Lipinski definition) is 4. The first kappa shape index (κ1) is 34.9. The van der Waals surface area contributed by atoms with E-state index in [1.165, 1.54) is 7.05 Å². The van der Waals surface area contributed by atoms with Gasteiger partial charge in [-0.1, -0.05) is 71.7 Å². The van der Waals surface area contributed by atoms with Gasteiger partial charge in [-0.15, -0.1) is 0 Å². The smallest absolute Gasteiger partial charge is 0.333 e. The minimum atomic E-state index is -0.948. The summed E-state index contributed by atoms with van der Waals surface area (Å²) < 4.78 is 6.58. The fourth-order valence-electron chi connectivity index (χ4n) is 4.55. The number of carbonyl (C=O) groups is 1. The van der Waals surface area contributed by atoms with Crippen molar-refractivity contribution in [3.8, 4) is 5.75 Å². The number of benzene rings is 2. The molecule has 1 atom stereocenters. The number of aryl methyl sites for hydroxylation is 2. The highest BCUT2D eigenvalue weighted by Gasteiger charge is 2.24. The Hall–Kier alpha value is -4.09. The van der Waals surface area contributed by atoms with Crippen molar-refractivity contribution in [3.63, 3.8) is 0 Å². The Balaban J connectivity index is 0.00000201. The normalized spacial score (nSPS) is 13.8. The molecular formula is C36H48N2O3. The van der Waals surface area contributed by atoms with E-state index in [0.29, 0.717) is 17.7 Å². The molecule has 0 saturated carbocycles. The van der Waals surface area contributed by atoms with Crippen LogP contribution in [0, 0.1) is 13.8 Å². The number of carboxylic acid groups (broad SMARTS) is 1. The number of nitrogens with two attached hydrogens (primary N) is 1. The lowest BCUT2D eigenvalue weighted by Crippen LogP contribution is -2.27. The minimum absolute atomic E-state index is 0.237. The Labute approximate surface area is 246 Å². The second-order valence-corrected chi connectivity index (χ2v) is 9.35. The van der Waals surface area contributed by atoms with Gasteiger partial charge in [-0.3, -0.25) is 0 Å². The van der Waals surface area contributed by atoms with E-state index in [1.54, 1.807) is 18.2 Å². The van der Waals surface area contributed by atoms with Crippen LogP contribution < -0.4 is 26.2 Å². The standard InChI is InChI=1S/C33H37NO3.C2H6.CH5N/c1-9-12-14-30(27(11-3)33(35)36)34-24(8)29-16-20(4)15-28-22(6)18-31(37-32(28)29)26-17-21(5)23(7)25(19-26)13-10-2;2*1-2/h9,12-19,24,34H,1,6-7,10-11H2,2-5,8H3,(H,35,36);1-2H3;2H2,1H3/b14-12-,25-13-,30-27-;;. The van der Waals surface area contributed by atoms with Crippen LogP contribution in [0.1, 0.15) is 81.3 Å². The van der Waals surface area contributed by atoms with Crippen molar-refractivity contribution in [2.45, 2.75) is 67.3 Å². The van der Waals surface area contributed by atoms with E-state index in [-0.39, 0.29) is 6.04 Å². The van der Waals surface area contributed by atoms with Crippen LogP contribution in [0.2, 0.25) is 0 Å². The van der Waals surface area contributed by atoms with Crippen molar-refractivity contribution in [3.05, 3.63) is 111 Å². The molecule has 1 aliphatic rings. The summed E-state index contributed by atoms with van der Waals surface area (Å²) in [6.45, 7) is 26.3. The fourth-order valence-corrected chi connectivity index (χ4v) is 4.55. The van der Waals surface area contributed by atoms with Crippen LogP contribution in [0.25, 0.3) is 24.0 Å². The number of nitrogens with one attached hydrogen (secondary N) is 1. The van der Waals surface area contributed by atoms with Gasteiger partial charge in [0.2, 0.25) is 0 Å². The first-order chi connectivity index (χ1) is 19.6. The highest BCUT2D eigenvalue weighted by molar-refractivity contribution is 5.89. The second-order valence-electron chi connectivity index (χ2n) is 9.35. The Kier molecular flexibility index (Phi) is 14.4. The zero-order valence-corrected chi connectivity index (χ0v) is 26.2. The molecule has 2 aromatic carbocycles. The third-order valence-corrected chi connectivity index (χ3v) is 6.52. The van der Waals surface area contributed by atoms with E-state index < -0.39 is 5.97 Å². The van der Waals surface area contributed by atoms with Gasteiger partial charge >= 0.3 is 5.97 Å². The third kappa shape index (κ3) is 8.70. The number of carboxylic acids is 1. The van der Waals surface area contributed by atoms with E-state index in [4.69, 9.17) is 4.74 Å². The molecule has 0 fully saturated rings. The zero-order valence-electron chi connectivity index (χ0n) is 26.2. The van der Waals surface area contributed by atoms with Crippen LogP contribution in [0.15, 0.2) is 73.0 Å². The average molecular weight is 557 g/mol. The van der Waals surface area contributed by atoms with Crippen LogP contribution in [0.3, 0.4) is 0 Å². The summed E-state index contributed by atoms with van der Waals surface area (Å²) in [6, 6.07) is 8.12. The molecule has 0 saturated heterocycles. The van der Waals surface area contributed by atoms with Crippen LogP contribution in [-0.2, 0) is 4.79 Å². The molecule has 220 valence electrons. The molecule has 3 rings (SSSR count). The van der Waals surface area contributed by atoms with Crippen LogP contribution in [0.5, 0.6) is 5.75 Å². The van der Waals surface area contributed by atoms with Gasteiger partial charge in [0.05, 0.1) is 11.6 Å². The summed E-state index contributed by atoms with van der Waals surface area (Å²) in [5, 5.41) is 15.3. The molecule has 0 radical (unpaired) electrons. The van der Waals surface area contributed by atoms with Crippen molar-refractivity contribution in [1.29, 1.82) is 0 Å². The molecule has 41 heavy (non-hydrogen) atoms. The number of rotatable bonds is 9. The monoisotopic (exact) mass is 556 g/mol. The van der Waals surface area contributed by atoms with Gasteiger partial charge < -0.3 is 20.9 Å². The predicted octanol–water partition coefficient (Wildman–Crippen LogP) is 7.09. The SMILES string of the molecule is C=C/C=C\C(NC(C)c1cc(C)cc2c1OC(c1cc(C)c(=C)/c(=C\CC)c1)=CC2=C)=C(/CC)C(=O)O.CC.CN. The molecule has 0 aliphatic carbocycles. The molecule has 0 amide bonds. The summed E-state index contributed by atoms with van der Waals surface area (Å²) in [4.78, 5) is 11.9. The van der Waals surface area contributed by atoms with Gasteiger partial charge in [0.25, 0.3) is 0 Å². The van der Waals surface area contributed by atoms with Crippen LogP contribution in [0.4, 0.5) is 0 Å². The summed E-state index contributed by atoms with van der Waals surface area (Å²) in [7, 11) is 1.50. The molecule has 2 aromatic rings. The third-order valence-electron chi connectivity index (χ3n) is 6.52. The van der Waals surface area contributed by atoms with Gasteiger partial charge in [0, 0.05) is 22.4 Å². The lowest BCUT2D eigenvalue weighted by Gasteiger charge is -2.27. The molecule has 0 aromatic heterocycles. The quantitative estimate of drug-likeness (QED) is 0.227. The topological polar surface area (TPSA) is 84.6 Å². The maximum absolute atomic E-state index is 11.9. The summed E-state index contributed by atoms with van der Waals surface area (Å²) in [6.07, 6.45) is 10.6. The minimum Gasteiger partial charge on any atom is -0.478 e. The first-order valence-corrected chi connectivity index (χ1v) is 14.2. The summed E-state index contributed by atoms with van der Waals surface area (Å²) in [5.74, 6) is 0.507. The second kappa shape index (κ2) is 16.9. The van der Waals surface area contributed by atoms with E-state index in [9.17, 15) is 9.90 Å². The largest absolute Gasteiger partial charge is 0.478 e. The Bertz CT molecular complexity index is 1460. The van der Waals surface area contributed by atoms with E-state index >= 15 is 0 Å². The Morgan fingerprint density at radius 1 is 1.12 bits per heavy atom. The van der Waals surface area contributed by atoms with Gasteiger partial charge in [0.15, 0.2) is 0 Å².